The first-order chi connectivity index (χ1) is 10.6. The van der Waals surface area contributed by atoms with Gasteiger partial charge in [0.05, 0.1) is 4.88 Å². The Bertz CT molecular complexity index is 510. The first-order valence-corrected chi connectivity index (χ1v) is 8.30. The van der Waals surface area contributed by atoms with Crippen LogP contribution in [0.4, 0.5) is 0 Å². The number of ether oxygens (including phenoxy) is 1. The Hall–Kier alpha value is -1.89. The van der Waals surface area contributed by atoms with Crippen molar-refractivity contribution < 1.29 is 19.1 Å². The molecule has 1 saturated carbocycles. The van der Waals surface area contributed by atoms with E-state index in [1.807, 2.05) is 0 Å². The average Bonchev–Trinajstić information content (AvgIpc) is 3.06. The lowest BCUT2D eigenvalue weighted by Crippen LogP contribution is -2.39. The van der Waals surface area contributed by atoms with Crippen LogP contribution < -0.4 is 10.6 Å². The summed E-state index contributed by atoms with van der Waals surface area (Å²) in [6.45, 7) is -0.544. The van der Waals surface area contributed by atoms with Gasteiger partial charge in [0, 0.05) is 6.04 Å². The molecule has 1 heterocycles. The minimum absolute atomic E-state index is 0.193. The fraction of sp³-hybridized carbons (Fsp3) is 0.533. The van der Waals surface area contributed by atoms with Crippen molar-refractivity contribution in [2.45, 2.75) is 38.1 Å². The summed E-state index contributed by atoms with van der Waals surface area (Å²) in [4.78, 5) is 35.3. The predicted molar refractivity (Wildman–Crippen MR) is 82.6 cm³/mol. The molecular weight excluding hydrogens is 304 g/mol. The van der Waals surface area contributed by atoms with Gasteiger partial charge >= 0.3 is 5.97 Å². The lowest BCUT2D eigenvalue weighted by atomic mass is 9.95. The van der Waals surface area contributed by atoms with Crippen molar-refractivity contribution in [3.05, 3.63) is 22.4 Å². The van der Waals surface area contributed by atoms with Crippen LogP contribution in [0.15, 0.2) is 17.5 Å². The zero-order chi connectivity index (χ0) is 15.8. The van der Waals surface area contributed by atoms with Gasteiger partial charge in [-0.2, -0.15) is 0 Å². The molecule has 1 aliphatic carbocycles. The van der Waals surface area contributed by atoms with Gasteiger partial charge in [-0.3, -0.25) is 14.4 Å². The Morgan fingerprint density at radius 2 is 2.00 bits per heavy atom. The minimum atomic E-state index is -0.622. The third-order valence-corrected chi connectivity index (χ3v) is 4.34. The number of esters is 1. The molecule has 1 aliphatic rings. The molecule has 0 aliphatic heterocycles. The monoisotopic (exact) mass is 324 g/mol. The fourth-order valence-corrected chi connectivity index (χ4v) is 3.00. The number of hydrogen-bond acceptors (Lipinski definition) is 5. The van der Waals surface area contributed by atoms with Gasteiger partial charge in [0.15, 0.2) is 6.61 Å². The van der Waals surface area contributed by atoms with Gasteiger partial charge in [-0.15, -0.1) is 11.3 Å². The Morgan fingerprint density at radius 3 is 2.68 bits per heavy atom. The quantitative estimate of drug-likeness (QED) is 0.776. The average molecular weight is 324 g/mol. The molecule has 120 valence electrons. The van der Waals surface area contributed by atoms with E-state index in [4.69, 9.17) is 4.74 Å². The second-order valence-electron chi connectivity index (χ2n) is 5.22. The number of carbonyl (C=O) groups is 3. The summed E-state index contributed by atoms with van der Waals surface area (Å²) in [6.07, 6.45) is 5.43. The zero-order valence-electron chi connectivity index (χ0n) is 12.3. The molecule has 1 fully saturated rings. The summed E-state index contributed by atoms with van der Waals surface area (Å²) in [7, 11) is 0. The van der Waals surface area contributed by atoms with Gasteiger partial charge in [0.1, 0.15) is 6.54 Å². The number of nitrogens with one attached hydrogen (secondary N) is 2. The van der Waals surface area contributed by atoms with E-state index in [2.05, 4.69) is 10.6 Å². The van der Waals surface area contributed by atoms with Crippen LogP contribution in [0.5, 0.6) is 0 Å². The number of thiophene rings is 1. The van der Waals surface area contributed by atoms with Crippen molar-refractivity contribution >= 4 is 29.1 Å². The number of amides is 2. The van der Waals surface area contributed by atoms with Gasteiger partial charge in [0.2, 0.25) is 0 Å². The Morgan fingerprint density at radius 1 is 1.23 bits per heavy atom. The summed E-state index contributed by atoms with van der Waals surface area (Å²) in [6, 6.07) is 3.62. The third kappa shape index (κ3) is 5.48. The number of hydrogen-bond donors (Lipinski definition) is 2. The minimum Gasteiger partial charge on any atom is -0.454 e. The standard InChI is InChI=1S/C15H20N2O4S/c18-13(17-11-5-2-1-3-6-11)10-21-14(19)9-16-15(20)12-7-4-8-22-12/h4,7-8,11H,1-3,5-6,9-10H2,(H,16,20)(H,17,18). The SMILES string of the molecule is O=C(COC(=O)CNC(=O)c1cccs1)NC1CCCCC1. The predicted octanol–water partition coefficient (Wildman–Crippen LogP) is 1.47. The summed E-state index contributed by atoms with van der Waals surface area (Å²) in [5.74, 6) is -1.23. The molecule has 0 atom stereocenters. The lowest BCUT2D eigenvalue weighted by Gasteiger charge is -2.22. The number of carbonyl (C=O) groups excluding carboxylic acids is 3. The van der Waals surface area contributed by atoms with Crippen LogP contribution in [0.1, 0.15) is 41.8 Å². The molecule has 2 N–H and O–H groups in total. The van der Waals surface area contributed by atoms with E-state index in [-0.39, 0.29) is 31.0 Å². The van der Waals surface area contributed by atoms with Crippen molar-refractivity contribution in [3.8, 4) is 0 Å². The maximum atomic E-state index is 11.7. The van der Waals surface area contributed by atoms with Crippen molar-refractivity contribution in [1.29, 1.82) is 0 Å². The summed E-state index contributed by atoms with van der Waals surface area (Å²) >= 11 is 1.29. The third-order valence-electron chi connectivity index (χ3n) is 3.47. The molecule has 22 heavy (non-hydrogen) atoms. The van der Waals surface area contributed by atoms with Crippen molar-refractivity contribution in [2.24, 2.45) is 0 Å². The molecule has 7 heteroatoms. The highest BCUT2D eigenvalue weighted by molar-refractivity contribution is 7.12. The topological polar surface area (TPSA) is 84.5 Å². The van der Waals surface area contributed by atoms with Gasteiger partial charge in [-0.05, 0) is 24.3 Å². The Balaban J connectivity index is 1.60. The normalized spacial score (nSPS) is 15.1. The van der Waals surface area contributed by atoms with Crippen molar-refractivity contribution in [2.75, 3.05) is 13.2 Å². The first-order valence-electron chi connectivity index (χ1n) is 7.42. The molecule has 0 bridgehead atoms. The summed E-state index contributed by atoms with van der Waals surface area (Å²) < 4.78 is 4.85. The molecular formula is C15H20N2O4S. The van der Waals surface area contributed by atoms with Crippen LogP contribution in [0.25, 0.3) is 0 Å². The Kier molecular flexibility index (Phi) is 6.39. The molecule has 0 saturated heterocycles. The summed E-state index contributed by atoms with van der Waals surface area (Å²) in [5.41, 5.74) is 0. The van der Waals surface area contributed by atoms with E-state index >= 15 is 0 Å². The molecule has 0 spiro atoms. The molecule has 2 rings (SSSR count). The first kappa shape index (κ1) is 16.5. The highest BCUT2D eigenvalue weighted by Crippen LogP contribution is 2.17. The van der Waals surface area contributed by atoms with Crippen LogP contribution in [0.2, 0.25) is 0 Å². The van der Waals surface area contributed by atoms with E-state index < -0.39 is 5.97 Å². The van der Waals surface area contributed by atoms with E-state index in [0.717, 1.165) is 25.7 Å². The van der Waals surface area contributed by atoms with Crippen LogP contribution in [-0.2, 0) is 14.3 Å². The van der Waals surface area contributed by atoms with Crippen LogP contribution in [-0.4, -0.2) is 37.0 Å². The second kappa shape index (κ2) is 8.53. The van der Waals surface area contributed by atoms with Gasteiger partial charge in [0.25, 0.3) is 11.8 Å². The van der Waals surface area contributed by atoms with E-state index in [1.165, 1.54) is 17.8 Å². The van der Waals surface area contributed by atoms with Gasteiger partial charge < -0.3 is 15.4 Å². The second-order valence-corrected chi connectivity index (χ2v) is 6.17. The molecule has 6 nitrogen and oxygen atoms in total. The van der Waals surface area contributed by atoms with E-state index in [9.17, 15) is 14.4 Å². The Labute approximate surface area is 133 Å². The number of rotatable bonds is 6. The largest absolute Gasteiger partial charge is 0.454 e. The fourth-order valence-electron chi connectivity index (χ4n) is 2.36. The van der Waals surface area contributed by atoms with Crippen LogP contribution >= 0.6 is 11.3 Å². The van der Waals surface area contributed by atoms with Gasteiger partial charge in [-0.25, -0.2) is 0 Å². The van der Waals surface area contributed by atoms with Gasteiger partial charge in [-0.1, -0.05) is 25.3 Å². The molecule has 0 unspecified atom stereocenters. The maximum Gasteiger partial charge on any atom is 0.325 e. The molecule has 1 aromatic heterocycles. The smallest absolute Gasteiger partial charge is 0.325 e. The van der Waals surface area contributed by atoms with E-state index in [0.29, 0.717) is 4.88 Å². The maximum absolute atomic E-state index is 11.7. The molecule has 0 radical (unpaired) electrons. The van der Waals surface area contributed by atoms with Crippen molar-refractivity contribution in [1.82, 2.24) is 10.6 Å². The molecule has 2 amide bonds. The van der Waals surface area contributed by atoms with Crippen LogP contribution in [0, 0.1) is 0 Å². The molecule has 1 aromatic rings. The lowest BCUT2D eigenvalue weighted by molar-refractivity contribution is -0.147. The highest BCUT2D eigenvalue weighted by atomic mass is 32.1. The van der Waals surface area contributed by atoms with E-state index in [1.54, 1.807) is 17.5 Å². The summed E-state index contributed by atoms with van der Waals surface area (Å²) in [5, 5.41) is 7.10. The zero-order valence-corrected chi connectivity index (χ0v) is 13.1. The molecule has 0 aromatic carbocycles. The van der Waals surface area contributed by atoms with Crippen LogP contribution in [0.3, 0.4) is 0 Å². The van der Waals surface area contributed by atoms with Crippen molar-refractivity contribution in [3.63, 3.8) is 0 Å². The highest BCUT2D eigenvalue weighted by Gasteiger charge is 2.17.